The summed E-state index contributed by atoms with van der Waals surface area (Å²) in [6.45, 7) is 5.12. The molecular weight excluding hydrogens is 246 g/mol. The topological polar surface area (TPSA) is 66.8 Å². The van der Waals surface area contributed by atoms with Gasteiger partial charge in [-0.25, -0.2) is 9.59 Å². The van der Waals surface area contributed by atoms with Crippen LogP contribution in [-0.2, 0) is 16.1 Å². The van der Waals surface area contributed by atoms with Crippen molar-refractivity contribution in [2.24, 2.45) is 0 Å². The Labute approximate surface area is 112 Å². The lowest BCUT2D eigenvalue weighted by molar-refractivity contribution is -0.156. The summed E-state index contributed by atoms with van der Waals surface area (Å²) in [5.74, 6) is -0.555. The summed E-state index contributed by atoms with van der Waals surface area (Å²) in [5.41, 5.74) is -0.333. The molecule has 0 saturated heterocycles. The van der Waals surface area contributed by atoms with Gasteiger partial charge in [0.25, 0.3) is 0 Å². The van der Waals surface area contributed by atoms with E-state index in [1.807, 2.05) is 30.3 Å². The number of hydrogen-bond acceptors (Lipinski definition) is 3. The van der Waals surface area contributed by atoms with Gasteiger partial charge in [-0.2, -0.15) is 0 Å². The van der Waals surface area contributed by atoms with Gasteiger partial charge >= 0.3 is 12.1 Å². The van der Waals surface area contributed by atoms with Gasteiger partial charge in [-0.1, -0.05) is 30.3 Å². The van der Waals surface area contributed by atoms with Crippen molar-refractivity contribution in [3.63, 3.8) is 0 Å². The van der Waals surface area contributed by atoms with Crippen molar-refractivity contribution in [2.75, 3.05) is 6.54 Å². The number of rotatable bonds is 5. The lowest BCUT2D eigenvalue weighted by Gasteiger charge is -2.33. The van der Waals surface area contributed by atoms with Crippen LogP contribution in [0, 0.1) is 0 Å². The van der Waals surface area contributed by atoms with Gasteiger partial charge in [0, 0.05) is 6.54 Å². The second kappa shape index (κ2) is 6.22. The molecule has 1 N–H and O–H groups in total. The Bertz CT molecular complexity index is 442. The zero-order valence-electron chi connectivity index (χ0n) is 11.4. The van der Waals surface area contributed by atoms with Crippen molar-refractivity contribution in [2.45, 2.75) is 32.9 Å². The van der Waals surface area contributed by atoms with Gasteiger partial charge < -0.3 is 9.84 Å². The van der Waals surface area contributed by atoms with Gasteiger partial charge in [-0.15, -0.1) is 0 Å². The quantitative estimate of drug-likeness (QED) is 0.831. The van der Waals surface area contributed by atoms with E-state index in [4.69, 9.17) is 9.84 Å². The number of carboxylic acid groups (broad SMARTS) is 1. The number of carbonyl (C=O) groups is 2. The van der Waals surface area contributed by atoms with E-state index in [-0.39, 0.29) is 13.2 Å². The van der Waals surface area contributed by atoms with Gasteiger partial charge in [0.05, 0.1) is 0 Å². The van der Waals surface area contributed by atoms with Crippen LogP contribution in [0.2, 0.25) is 0 Å². The Morgan fingerprint density at radius 1 is 1.26 bits per heavy atom. The fourth-order valence-electron chi connectivity index (χ4n) is 1.78. The summed E-state index contributed by atoms with van der Waals surface area (Å²) >= 11 is 0. The summed E-state index contributed by atoms with van der Waals surface area (Å²) in [6, 6.07) is 9.26. The largest absolute Gasteiger partial charge is 0.465 e. The lowest BCUT2D eigenvalue weighted by atomic mass is 10.0. The fourth-order valence-corrected chi connectivity index (χ4v) is 1.78. The van der Waals surface area contributed by atoms with E-state index in [0.717, 1.165) is 10.5 Å². The van der Waals surface area contributed by atoms with Crippen LogP contribution in [0.25, 0.3) is 0 Å². The number of likely N-dealkylation sites (N-methyl/N-ethyl adjacent to an activating group) is 1. The van der Waals surface area contributed by atoms with Crippen LogP contribution in [0.5, 0.6) is 0 Å². The zero-order chi connectivity index (χ0) is 14.5. The minimum atomic E-state index is -1.20. The Kier molecular flexibility index (Phi) is 4.92. The van der Waals surface area contributed by atoms with E-state index < -0.39 is 17.6 Å². The molecule has 19 heavy (non-hydrogen) atoms. The predicted molar refractivity (Wildman–Crippen MR) is 70.7 cm³/mol. The van der Waals surface area contributed by atoms with Crippen molar-refractivity contribution < 1.29 is 19.4 Å². The Morgan fingerprint density at radius 3 is 2.32 bits per heavy atom. The molecule has 0 atom stereocenters. The first kappa shape index (κ1) is 15.0. The second-order valence-electron chi connectivity index (χ2n) is 4.65. The number of benzene rings is 1. The lowest BCUT2D eigenvalue weighted by Crippen LogP contribution is -2.53. The van der Waals surface area contributed by atoms with Crippen LogP contribution >= 0.6 is 0 Å². The van der Waals surface area contributed by atoms with Crippen LogP contribution in [-0.4, -0.2) is 34.2 Å². The van der Waals surface area contributed by atoms with Crippen molar-refractivity contribution >= 4 is 12.1 Å². The molecule has 0 aromatic heterocycles. The van der Waals surface area contributed by atoms with Crippen molar-refractivity contribution in [1.82, 2.24) is 4.90 Å². The summed E-state index contributed by atoms with van der Waals surface area (Å²) in [7, 11) is 0. The third kappa shape index (κ3) is 3.71. The predicted octanol–water partition coefficient (Wildman–Crippen LogP) is 2.51. The molecule has 0 aliphatic heterocycles. The molecule has 0 unspecified atom stereocenters. The molecule has 0 fully saturated rings. The molecule has 1 aromatic rings. The molecule has 0 heterocycles. The summed E-state index contributed by atoms with van der Waals surface area (Å²) in [4.78, 5) is 24.1. The van der Waals surface area contributed by atoms with E-state index in [1.165, 1.54) is 13.8 Å². The average Bonchev–Trinajstić information content (AvgIpc) is 2.37. The molecule has 0 aliphatic carbocycles. The molecule has 104 valence electrons. The van der Waals surface area contributed by atoms with Crippen LogP contribution in [0.15, 0.2) is 30.3 Å². The molecule has 1 rings (SSSR count). The normalized spacial score (nSPS) is 10.9. The molecule has 1 amide bonds. The van der Waals surface area contributed by atoms with Crippen LogP contribution in [0.1, 0.15) is 26.3 Å². The maximum Gasteiger partial charge on any atom is 0.408 e. The highest BCUT2D eigenvalue weighted by molar-refractivity contribution is 5.84. The molecule has 0 spiro atoms. The molecule has 1 aromatic carbocycles. The van der Waals surface area contributed by atoms with E-state index in [2.05, 4.69) is 0 Å². The summed E-state index contributed by atoms with van der Waals surface area (Å²) in [6.07, 6.45) is -1.14. The number of nitrogens with zero attached hydrogens (tertiary/aromatic N) is 1. The Balaban J connectivity index is 2.68. The summed E-state index contributed by atoms with van der Waals surface area (Å²) in [5, 5.41) is 9.06. The molecule has 0 radical (unpaired) electrons. The van der Waals surface area contributed by atoms with Crippen LogP contribution in [0.3, 0.4) is 0 Å². The first-order chi connectivity index (χ1) is 8.89. The van der Waals surface area contributed by atoms with Gasteiger partial charge in [-0.3, -0.25) is 4.90 Å². The minimum absolute atomic E-state index is 0.139. The number of carbonyl (C=O) groups excluding carboxylic acids is 1. The first-order valence-electron chi connectivity index (χ1n) is 6.11. The number of amides is 1. The zero-order valence-corrected chi connectivity index (χ0v) is 11.4. The molecule has 0 saturated carbocycles. The molecule has 5 nitrogen and oxygen atoms in total. The maximum atomic E-state index is 12.0. The Morgan fingerprint density at radius 2 is 1.84 bits per heavy atom. The maximum absolute atomic E-state index is 12.0. The second-order valence-corrected chi connectivity index (χ2v) is 4.65. The first-order valence-corrected chi connectivity index (χ1v) is 6.11. The van der Waals surface area contributed by atoms with Crippen molar-refractivity contribution in [3.05, 3.63) is 35.9 Å². The molecule has 0 bridgehead atoms. The number of esters is 1. The van der Waals surface area contributed by atoms with Crippen molar-refractivity contribution in [3.8, 4) is 0 Å². The molecular formula is C14H19NO4. The highest BCUT2D eigenvalue weighted by atomic mass is 16.5. The third-order valence-corrected chi connectivity index (χ3v) is 2.93. The molecule has 5 heteroatoms. The van der Waals surface area contributed by atoms with Gasteiger partial charge in [0.15, 0.2) is 0 Å². The monoisotopic (exact) mass is 265 g/mol. The SMILES string of the molecule is CCN(C(=O)O)C(C)(C)C(=O)OCc1ccccc1. The highest BCUT2D eigenvalue weighted by Crippen LogP contribution is 2.17. The van der Waals surface area contributed by atoms with Gasteiger partial charge in [-0.05, 0) is 26.3 Å². The van der Waals surface area contributed by atoms with Crippen LogP contribution in [0.4, 0.5) is 4.79 Å². The van der Waals surface area contributed by atoms with Gasteiger partial charge in [0.1, 0.15) is 12.1 Å². The average molecular weight is 265 g/mol. The third-order valence-electron chi connectivity index (χ3n) is 2.93. The number of ether oxygens (including phenoxy) is 1. The van der Waals surface area contributed by atoms with Gasteiger partial charge in [0.2, 0.25) is 0 Å². The number of hydrogen-bond donors (Lipinski definition) is 1. The smallest absolute Gasteiger partial charge is 0.408 e. The van der Waals surface area contributed by atoms with E-state index in [1.54, 1.807) is 6.92 Å². The summed E-state index contributed by atoms with van der Waals surface area (Å²) < 4.78 is 5.18. The van der Waals surface area contributed by atoms with Crippen molar-refractivity contribution in [1.29, 1.82) is 0 Å². The van der Waals surface area contributed by atoms with E-state index in [9.17, 15) is 9.59 Å². The van der Waals surface area contributed by atoms with E-state index >= 15 is 0 Å². The Hall–Kier alpha value is -2.04. The van der Waals surface area contributed by atoms with E-state index in [0.29, 0.717) is 0 Å². The molecule has 0 aliphatic rings. The fraction of sp³-hybridized carbons (Fsp3) is 0.429. The standard InChI is InChI=1S/C14H19NO4/c1-4-15(13(17)18)14(2,3)12(16)19-10-11-8-6-5-7-9-11/h5-9H,4,10H2,1-3H3,(H,17,18). The minimum Gasteiger partial charge on any atom is -0.465 e. The van der Waals surface area contributed by atoms with Crippen LogP contribution < -0.4 is 0 Å². The highest BCUT2D eigenvalue weighted by Gasteiger charge is 2.38.